The molecule has 2 saturated heterocycles. The van der Waals surface area contributed by atoms with Gasteiger partial charge in [0.25, 0.3) is 5.91 Å². The Morgan fingerprint density at radius 2 is 1.94 bits per heavy atom. The van der Waals surface area contributed by atoms with Crippen molar-refractivity contribution in [3.8, 4) is 11.4 Å². The second kappa shape index (κ2) is 9.09. The normalized spacial score (nSPS) is 23.8. The summed E-state index contributed by atoms with van der Waals surface area (Å²) in [5.74, 6) is 1.09. The van der Waals surface area contributed by atoms with Gasteiger partial charge in [0.15, 0.2) is 0 Å². The molecule has 3 aromatic rings. The number of carbonyl (C=O) groups is 1. The lowest BCUT2D eigenvalue weighted by atomic mass is 9.79. The van der Waals surface area contributed by atoms with E-state index in [9.17, 15) is 9.18 Å². The fourth-order valence-electron chi connectivity index (χ4n) is 5.45. The molecule has 176 valence electrons. The smallest absolute Gasteiger partial charge is 0.250 e. The van der Waals surface area contributed by atoms with Crippen LogP contribution in [-0.4, -0.2) is 33.5 Å². The Bertz CT molecular complexity index is 1230. The molecule has 2 aliphatic rings. The lowest BCUT2D eigenvalue weighted by Gasteiger charge is -2.48. The van der Waals surface area contributed by atoms with Crippen molar-refractivity contribution < 1.29 is 13.9 Å². The van der Waals surface area contributed by atoms with Crippen LogP contribution in [0.15, 0.2) is 60.6 Å². The fourth-order valence-corrected chi connectivity index (χ4v) is 5.45. The van der Waals surface area contributed by atoms with E-state index in [1.165, 1.54) is 12.1 Å². The number of benzene rings is 2. The molecule has 3 heterocycles. The van der Waals surface area contributed by atoms with Gasteiger partial charge in [0.2, 0.25) is 0 Å². The molecule has 2 aromatic carbocycles. The summed E-state index contributed by atoms with van der Waals surface area (Å²) in [5, 5.41) is 0. The van der Waals surface area contributed by atoms with Crippen LogP contribution in [0.2, 0.25) is 0 Å². The number of aryl methyl sites for hydroxylation is 1. The Labute approximate surface area is 199 Å². The van der Waals surface area contributed by atoms with Gasteiger partial charge in [-0.3, -0.25) is 4.79 Å². The van der Waals surface area contributed by atoms with E-state index in [2.05, 4.69) is 16.8 Å². The minimum atomic E-state index is -0.252. The van der Waals surface area contributed by atoms with E-state index in [0.29, 0.717) is 5.92 Å². The summed E-state index contributed by atoms with van der Waals surface area (Å²) in [6, 6.07) is 12.8. The molecule has 5 nitrogen and oxygen atoms in total. The van der Waals surface area contributed by atoms with E-state index in [1.54, 1.807) is 13.4 Å². The Hall–Kier alpha value is -3.41. The van der Waals surface area contributed by atoms with Gasteiger partial charge in [0.1, 0.15) is 11.6 Å². The van der Waals surface area contributed by atoms with E-state index >= 15 is 0 Å². The van der Waals surface area contributed by atoms with Crippen molar-refractivity contribution in [1.29, 1.82) is 0 Å². The van der Waals surface area contributed by atoms with Gasteiger partial charge >= 0.3 is 0 Å². The molecule has 0 unspecified atom stereocenters. The van der Waals surface area contributed by atoms with Gasteiger partial charge < -0.3 is 14.2 Å². The molecule has 2 aliphatic heterocycles. The van der Waals surface area contributed by atoms with Gasteiger partial charge in [-0.05, 0) is 80.0 Å². The van der Waals surface area contributed by atoms with E-state index < -0.39 is 0 Å². The number of ether oxygens (including phenoxy) is 1. The Kier molecular flexibility index (Phi) is 5.98. The number of nitrogens with zero attached hydrogens (tertiary/aromatic N) is 3. The van der Waals surface area contributed by atoms with Crippen LogP contribution < -0.4 is 4.74 Å². The van der Waals surface area contributed by atoms with Crippen molar-refractivity contribution in [1.82, 2.24) is 14.5 Å². The quantitative estimate of drug-likeness (QED) is 0.458. The number of hydrogen-bond donors (Lipinski definition) is 0. The minimum Gasteiger partial charge on any atom is -0.495 e. The highest BCUT2D eigenvalue weighted by Gasteiger charge is 2.41. The van der Waals surface area contributed by atoms with Crippen molar-refractivity contribution in [2.45, 2.75) is 51.6 Å². The number of piperidine rings is 2. The SMILES string of the molecule is COc1cc(/C=C2\CC[C@H]3C[C@@H](C)C[C@H](c4ccc(F)cc4)N3C2=O)ccc1-n1cnc(C)c1. The summed E-state index contributed by atoms with van der Waals surface area (Å²) in [7, 11) is 1.65. The van der Waals surface area contributed by atoms with Crippen LogP contribution in [0.4, 0.5) is 4.39 Å². The standard InChI is InChI=1S/C28H30FN3O2/c1-18-12-24-10-7-22(28(33)32(24)26(13-18)21-5-8-23(29)9-6-21)14-20-4-11-25(27(15-20)34-3)31-16-19(2)30-17-31/h4-6,8-9,11,14-18,24,26H,7,10,12-13H2,1-3H3/b22-14+/t18-,24+,26-/m1/s1. The van der Waals surface area contributed by atoms with E-state index in [0.717, 1.165) is 59.5 Å². The molecular formula is C28H30FN3O2. The molecule has 0 radical (unpaired) electrons. The number of amides is 1. The molecule has 6 heteroatoms. The summed E-state index contributed by atoms with van der Waals surface area (Å²) >= 11 is 0. The predicted molar refractivity (Wildman–Crippen MR) is 130 cm³/mol. The van der Waals surface area contributed by atoms with Gasteiger partial charge in [-0.2, -0.15) is 0 Å². The zero-order valence-electron chi connectivity index (χ0n) is 19.9. The number of imidazole rings is 1. The molecule has 0 aliphatic carbocycles. The van der Waals surface area contributed by atoms with Crippen molar-refractivity contribution in [2.75, 3.05) is 7.11 Å². The predicted octanol–water partition coefficient (Wildman–Crippen LogP) is 5.87. The first-order chi connectivity index (χ1) is 16.4. The molecule has 1 amide bonds. The highest BCUT2D eigenvalue weighted by molar-refractivity contribution is 5.99. The Morgan fingerprint density at radius 1 is 1.15 bits per heavy atom. The topological polar surface area (TPSA) is 47.4 Å². The third kappa shape index (κ3) is 4.25. The number of hydrogen-bond acceptors (Lipinski definition) is 3. The van der Waals surface area contributed by atoms with E-state index in [4.69, 9.17) is 4.74 Å². The maximum atomic E-state index is 13.7. The largest absolute Gasteiger partial charge is 0.495 e. The molecule has 5 rings (SSSR count). The van der Waals surface area contributed by atoms with Crippen LogP contribution >= 0.6 is 0 Å². The van der Waals surface area contributed by atoms with Crippen LogP contribution in [0.25, 0.3) is 11.8 Å². The molecule has 0 saturated carbocycles. The third-order valence-electron chi connectivity index (χ3n) is 7.07. The van der Waals surface area contributed by atoms with Gasteiger partial charge in [0, 0.05) is 17.8 Å². The Morgan fingerprint density at radius 3 is 2.65 bits per heavy atom. The van der Waals surface area contributed by atoms with Gasteiger partial charge in [-0.15, -0.1) is 0 Å². The number of rotatable bonds is 4. The summed E-state index contributed by atoms with van der Waals surface area (Å²) in [6.07, 6.45) is 9.33. The van der Waals surface area contributed by atoms with E-state index in [-0.39, 0.29) is 23.8 Å². The first-order valence-corrected chi connectivity index (χ1v) is 11.9. The first kappa shape index (κ1) is 22.4. The lowest BCUT2D eigenvalue weighted by Crippen LogP contribution is -2.50. The number of fused-ring (bicyclic) bond motifs is 1. The van der Waals surface area contributed by atoms with Crippen LogP contribution in [-0.2, 0) is 4.79 Å². The number of halogens is 1. The summed E-state index contributed by atoms with van der Waals surface area (Å²) in [6.45, 7) is 4.20. The zero-order valence-corrected chi connectivity index (χ0v) is 19.9. The van der Waals surface area contributed by atoms with Crippen LogP contribution in [0.1, 0.15) is 55.5 Å². The van der Waals surface area contributed by atoms with Crippen molar-refractivity contribution in [2.24, 2.45) is 5.92 Å². The third-order valence-corrected chi connectivity index (χ3v) is 7.07. The molecule has 34 heavy (non-hydrogen) atoms. The molecular weight excluding hydrogens is 429 g/mol. The molecule has 2 fully saturated rings. The molecule has 1 aromatic heterocycles. The van der Waals surface area contributed by atoms with Crippen molar-refractivity contribution >= 4 is 12.0 Å². The second-order valence-corrected chi connectivity index (χ2v) is 9.57. The van der Waals surface area contributed by atoms with Gasteiger partial charge in [0.05, 0.1) is 30.9 Å². The molecule has 0 spiro atoms. The summed E-state index contributed by atoms with van der Waals surface area (Å²) in [4.78, 5) is 20.1. The number of methoxy groups -OCH3 is 1. The zero-order chi connectivity index (χ0) is 23.8. The number of aromatic nitrogens is 2. The maximum absolute atomic E-state index is 13.7. The van der Waals surface area contributed by atoms with Gasteiger partial charge in [-0.1, -0.05) is 25.1 Å². The van der Waals surface area contributed by atoms with Crippen molar-refractivity contribution in [3.63, 3.8) is 0 Å². The molecule has 0 N–H and O–H groups in total. The molecule has 3 atom stereocenters. The fraction of sp³-hybridized carbons (Fsp3) is 0.357. The molecule has 0 bridgehead atoms. The van der Waals surface area contributed by atoms with Crippen LogP contribution in [0, 0.1) is 18.7 Å². The monoisotopic (exact) mass is 459 g/mol. The minimum absolute atomic E-state index is 0.0213. The first-order valence-electron chi connectivity index (χ1n) is 11.9. The average Bonchev–Trinajstić information content (AvgIpc) is 3.26. The summed E-state index contributed by atoms with van der Waals surface area (Å²) < 4.78 is 21.1. The van der Waals surface area contributed by atoms with Crippen molar-refractivity contribution in [3.05, 3.63) is 83.2 Å². The Balaban J connectivity index is 1.45. The van der Waals surface area contributed by atoms with Crippen LogP contribution in [0.3, 0.4) is 0 Å². The van der Waals surface area contributed by atoms with E-state index in [1.807, 2.05) is 54.1 Å². The number of carbonyl (C=O) groups excluding carboxylic acids is 1. The lowest BCUT2D eigenvalue weighted by molar-refractivity contribution is -0.137. The van der Waals surface area contributed by atoms with Crippen LogP contribution in [0.5, 0.6) is 5.75 Å². The van der Waals surface area contributed by atoms with Gasteiger partial charge in [-0.25, -0.2) is 9.37 Å². The second-order valence-electron chi connectivity index (χ2n) is 9.57. The summed E-state index contributed by atoms with van der Waals surface area (Å²) in [5.41, 5.74) is 4.59. The average molecular weight is 460 g/mol. The maximum Gasteiger partial charge on any atom is 0.250 e. The highest BCUT2D eigenvalue weighted by atomic mass is 19.1. The highest BCUT2D eigenvalue weighted by Crippen LogP contribution is 2.43.